The number of anilines is 2. The van der Waals surface area contributed by atoms with Gasteiger partial charge in [-0.3, -0.25) is 0 Å². The van der Waals surface area contributed by atoms with Crippen molar-refractivity contribution < 1.29 is 0 Å². The van der Waals surface area contributed by atoms with Gasteiger partial charge in [-0.25, -0.2) is 4.98 Å². The first-order valence-electron chi connectivity index (χ1n) is 4.40. The fourth-order valence-corrected chi connectivity index (χ4v) is 1.18. The average molecular weight is 201 g/mol. The molecule has 1 rings (SSSR count). The quantitative estimate of drug-likeness (QED) is 0.731. The summed E-state index contributed by atoms with van der Waals surface area (Å²) in [5.41, 5.74) is 7.23. The summed E-state index contributed by atoms with van der Waals surface area (Å²) in [6.45, 7) is 2.07. The van der Waals surface area contributed by atoms with Gasteiger partial charge < -0.3 is 10.6 Å². The van der Waals surface area contributed by atoms with Crippen molar-refractivity contribution in [3.05, 3.63) is 17.8 Å². The second kappa shape index (κ2) is 4.83. The summed E-state index contributed by atoms with van der Waals surface area (Å²) < 4.78 is 0. The van der Waals surface area contributed by atoms with E-state index in [1.165, 1.54) is 0 Å². The lowest BCUT2D eigenvalue weighted by Gasteiger charge is -2.19. The molecule has 0 unspecified atom stereocenters. The summed E-state index contributed by atoms with van der Waals surface area (Å²) >= 11 is 0. The van der Waals surface area contributed by atoms with Crippen LogP contribution in [-0.4, -0.2) is 18.1 Å². The first-order valence-corrected chi connectivity index (χ1v) is 4.40. The third-order valence-corrected chi connectivity index (χ3v) is 2.01. The second-order valence-electron chi connectivity index (χ2n) is 3.04. The molecule has 0 amide bonds. The number of nitrogens with two attached hydrogens (primary N) is 1. The van der Waals surface area contributed by atoms with Crippen molar-refractivity contribution in [1.82, 2.24) is 4.98 Å². The predicted molar refractivity (Wildman–Crippen MR) is 56.8 cm³/mol. The molecule has 0 saturated heterocycles. The lowest BCUT2D eigenvalue weighted by molar-refractivity contribution is 0.936. The molecule has 0 aliphatic heterocycles. The van der Waals surface area contributed by atoms with Gasteiger partial charge in [0, 0.05) is 6.20 Å². The number of rotatable bonds is 3. The fraction of sp³-hybridized carbons (Fsp3) is 0.300. The standard InChI is InChI=1S/C10H11N5/c1-8-2-5-14-10(9(8)13)15(6-3-11)7-4-12/h2,5H,6-7,13H2,1H3. The fourth-order valence-electron chi connectivity index (χ4n) is 1.18. The molecule has 1 heterocycles. The van der Waals surface area contributed by atoms with Crippen LogP contribution in [0.1, 0.15) is 5.56 Å². The van der Waals surface area contributed by atoms with Gasteiger partial charge in [-0.2, -0.15) is 10.5 Å². The molecule has 0 bridgehead atoms. The molecular weight excluding hydrogens is 190 g/mol. The van der Waals surface area contributed by atoms with E-state index in [0.29, 0.717) is 11.5 Å². The number of hydrogen-bond acceptors (Lipinski definition) is 5. The normalized spacial score (nSPS) is 9.00. The zero-order valence-electron chi connectivity index (χ0n) is 8.44. The highest BCUT2D eigenvalue weighted by Crippen LogP contribution is 2.22. The highest BCUT2D eigenvalue weighted by atomic mass is 15.2. The Balaban J connectivity index is 3.07. The molecule has 0 radical (unpaired) electrons. The molecular formula is C10H11N5. The Morgan fingerprint density at radius 3 is 2.53 bits per heavy atom. The molecule has 1 aromatic heterocycles. The summed E-state index contributed by atoms with van der Waals surface area (Å²) in [6.07, 6.45) is 1.61. The first-order chi connectivity index (χ1) is 7.20. The van der Waals surface area contributed by atoms with Crippen LogP contribution in [0.3, 0.4) is 0 Å². The number of aryl methyl sites for hydroxylation is 1. The van der Waals surface area contributed by atoms with E-state index >= 15 is 0 Å². The van der Waals surface area contributed by atoms with Gasteiger partial charge >= 0.3 is 0 Å². The predicted octanol–water partition coefficient (Wildman–Crippen LogP) is 0.826. The van der Waals surface area contributed by atoms with E-state index < -0.39 is 0 Å². The average Bonchev–Trinajstić information content (AvgIpc) is 2.22. The van der Waals surface area contributed by atoms with Gasteiger partial charge in [0.2, 0.25) is 0 Å². The second-order valence-corrected chi connectivity index (χ2v) is 3.04. The summed E-state index contributed by atoms with van der Waals surface area (Å²) in [5, 5.41) is 17.2. The molecule has 0 saturated carbocycles. The highest BCUT2D eigenvalue weighted by molar-refractivity contribution is 5.66. The smallest absolute Gasteiger partial charge is 0.153 e. The van der Waals surface area contributed by atoms with Crippen LogP contribution in [0.4, 0.5) is 11.5 Å². The van der Waals surface area contributed by atoms with Crippen molar-refractivity contribution in [2.75, 3.05) is 23.7 Å². The van der Waals surface area contributed by atoms with Crippen molar-refractivity contribution in [2.24, 2.45) is 0 Å². The Labute approximate surface area is 88.4 Å². The maximum Gasteiger partial charge on any atom is 0.153 e. The molecule has 76 valence electrons. The molecule has 5 nitrogen and oxygen atoms in total. The van der Waals surface area contributed by atoms with E-state index in [4.69, 9.17) is 16.3 Å². The minimum Gasteiger partial charge on any atom is -0.396 e. The number of nitrogens with zero attached hydrogens (tertiary/aromatic N) is 4. The van der Waals surface area contributed by atoms with Crippen molar-refractivity contribution in [3.8, 4) is 12.1 Å². The summed E-state index contributed by atoms with van der Waals surface area (Å²) in [6, 6.07) is 5.74. The summed E-state index contributed by atoms with van der Waals surface area (Å²) in [4.78, 5) is 5.62. The van der Waals surface area contributed by atoms with E-state index in [9.17, 15) is 0 Å². The van der Waals surface area contributed by atoms with Crippen LogP contribution in [0.2, 0.25) is 0 Å². The van der Waals surface area contributed by atoms with Crippen LogP contribution < -0.4 is 10.6 Å². The van der Waals surface area contributed by atoms with Gasteiger partial charge in [0.15, 0.2) is 5.82 Å². The summed E-state index contributed by atoms with van der Waals surface area (Å²) in [7, 11) is 0. The molecule has 0 aromatic carbocycles. The molecule has 0 spiro atoms. The van der Waals surface area contributed by atoms with E-state index in [2.05, 4.69) is 4.98 Å². The number of nitriles is 2. The molecule has 0 fully saturated rings. The van der Waals surface area contributed by atoms with Crippen LogP contribution in [0.25, 0.3) is 0 Å². The molecule has 0 aliphatic carbocycles. The Bertz CT molecular complexity index is 410. The molecule has 15 heavy (non-hydrogen) atoms. The Kier molecular flexibility index (Phi) is 3.48. The Morgan fingerprint density at radius 1 is 1.40 bits per heavy atom. The van der Waals surface area contributed by atoms with E-state index in [-0.39, 0.29) is 13.1 Å². The topological polar surface area (TPSA) is 89.7 Å². The minimum absolute atomic E-state index is 0.105. The number of pyridine rings is 1. The molecule has 0 atom stereocenters. The number of aromatic nitrogens is 1. The van der Waals surface area contributed by atoms with Crippen LogP contribution >= 0.6 is 0 Å². The Morgan fingerprint density at radius 2 is 2.00 bits per heavy atom. The van der Waals surface area contributed by atoms with E-state index in [1.54, 1.807) is 17.2 Å². The van der Waals surface area contributed by atoms with Crippen LogP contribution in [0, 0.1) is 29.6 Å². The molecule has 1 aromatic rings. The van der Waals surface area contributed by atoms with E-state index in [1.807, 2.05) is 19.1 Å². The number of hydrogen-bond donors (Lipinski definition) is 1. The SMILES string of the molecule is Cc1ccnc(N(CC#N)CC#N)c1N. The molecule has 2 N–H and O–H groups in total. The Hall–Kier alpha value is -2.27. The monoisotopic (exact) mass is 201 g/mol. The third kappa shape index (κ3) is 2.35. The van der Waals surface area contributed by atoms with Gasteiger partial charge in [-0.1, -0.05) is 0 Å². The maximum atomic E-state index is 8.62. The van der Waals surface area contributed by atoms with E-state index in [0.717, 1.165) is 5.56 Å². The van der Waals surface area contributed by atoms with Crippen molar-refractivity contribution in [3.63, 3.8) is 0 Å². The van der Waals surface area contributed by atoms with Crippen molar-refractivity contribution >= 4 is 11.5 Å². The van der Waals surface area contributed by atoms with Gasteiger partial charge in [0.25, 0.3) is 0 Å². The van der Waals surface area contributed by atoms with Crippen molar-refractivity contribution in [1.29, 1.82) is 10.5 Å². The molecule has 5 heteroatoms. The zero-order valence-corrected chi connectivity index (χ0v) is 8.44. The van der Waals surface area contributed by atoms with Crippen molar-refractivity contribution in [2.45, 2.75) is 6.92 Å². The largest absolute Gasteiger partial charge is 0.396 e. The number of nitrogen functional groups attached to an aromatic ring is 1. The van der Waals surface area contributed by atoms with Crippen LogP contribution in [0.15, 0.2) is 12.3 Å². The summed E-state index contributed by atoms with van der Waals surface area (Å²) in [5.74, 6) is 0.498. The van der Waals surface area contributed by atoms with Gasteiger partial charge in [0.1, 0.15) is 13.1 Å². The van der Waals surface area contributed by atoms with Gasteiger partial charge in [0.05, 0.1) is 17.8 Å². The van der Waals surface area contributed by atoms with Crippen LogP contribution in [0.5, 0.6) is 0 Å². The first kappa shape index (κ1) is 10.8. The minimum atomic E-state index is 0.105. The lowest BCUT2D eigenvalue weighted by Crippen LogP contribution is -2.26. The van der Waals surface area contributed by atoms with Gasteiger partial charge in [-0.05, 0) is 18.6 Å². The third-order valence-electron chi connectivity index (χ3n) is 2.01. The maximum absolute atomic E-state index is 8.62. The molecule has 0 aliphatic rings. The lowest BCUT2D eigenvalue weighted by atomic mass is 10.2. The zero-order chi connectivity index (χ0) is 11.3. The highest BCUT2D eigenvalue weighted by Gasteiger charge is 2.11. The van der Waals surface area contributed by atoms with Gasteiger partial charge in [-0.15, -0.1) is 0 Å². The van der Waals surface area contributed by atoms with Crippen LogP contribution in [-0.2, 0) is 0 Å².